The maximum atomic E-state index is 14.5. The number of nitriles is 1. The quantitative estimate of drug-likeness (QED) is 0.405. The number of halogens is 3. The van der Waals surface area contributed by atoms with Crippen molar-refractivity contribution >= 4 is 28.5 Å². The van der Waals surface area contributed by atoms with Crippen LogP contribution in [0.1, 0.15) is 36.3 Å². The molecular weight excluding hydrogens is 449 g/mol. The fourth-order valence-corrected chi connectivity index (χ4v) is 3.53. The van der Waals surface area contributed by atoms with Crippen molar-refractivity contribution in [2.75, 3.05) is 16.8 Å². The molecule has 1 atom stereocenters. The predicted octanol–water partition coefficient (Wildman–Crippen LogP) is 3.46. The molecule has 0 saturated heterocycles. The molecule has 0 radical (unpaired) electrons. The first-order chi connectivity index (χ1) is 16.2. The van der Waals surface area contributed by atoms with E-state index in [1.54, 1.807) is 6.92 Å². The first kappa shape index (κ1) is 22.5. The standard InChI is InChI=1S/C22H17F3N8O/c1-10(29-19-13(9-26)18(27)31-22(28)32-19)20-30-15-7-3-6-14(23)16(15)21(34)33(20)12-5-2-4-11(8-12)17(24)25/h2-8,10,17H,1H3,(H5,27,28,29,31,32). The van der Waals surface area contributed by atoms with Gasteiger partial charge in [-0.05, 0) is 31.2 Å². The largest absolute Gasteiger partial charge is 0.382 e. The Morgan fingerprint density at radius 1 is 1.12 bits per heavy atom. The number of benzene rings is 2. The molecule has 0 aliphatic rings. The number of rotatable bonds is 5. The molecule has 1 unspecified atom stereocenters. The summed E-state index contributed by atoms with van der Waals surface area (Å²) in [6, 6.07) is 10.1. The van der Waals surface area contributed by atoms with Gasteiger partial charge in [-0.3, -0.25) is 9.36 Å². The van der Waals surface area contributed by atoms with Crippen molar-refractivity contribution in [1.82, 2.24) is 19.5 Å². The number of hydrogen-bond donors (Lipinski definition) is 3. The van der Waals surface area contributed by atoms with Gasteiger partial charge in [0.1, 0.15) is 34.5 Å². The van der Waals surface area contributed by atoms with E-state index in [0.717, 1.165) is 16.7 Å². The fraction of sp³-hybridized carbons (Fsp3) is 0.136. The summed E-state index contributed by atoms with van der Waals surface area (Å²) in [6.07, 6.45) is -2.79. The van der Waals surface area contributed by atoms with Crippen LogP contribution in [-0.4, -0.2) is 19.5 Å². The summed E-state index contributed by atoms with van der Waals surface area (Å²) in [5.41, 5.74) is 10.3. The SMILES string of the molecule is CC(Nc1nc(N)nc(N)c1C#N)c1nc2cccc(F)c2c(=O)n1-c1cccc(C(F)F)c1. The summed E-state index contributed by atoms with van der Waals surface area (Å²) >= 11 is 0. The van der Waals surface area contributed by atoms with Crippen LogP contribution in [0.3, 0.4) is 0 Å². The van der Waals surface area contributed by atoms with Gasteiger partial charge >= 0.3 is 0 Å². The Morgan fingerprint density at radius 2 is 1.85 bits per heavy atom. The van der Waals surface area contributed by atoms with Gasteiger partial charge in [-0.2, -0.15) is 15.2 Å². The lowest BCUT2D eigenvalue weighted by atomic mass is 10.1. The number of fused-ring (bicyclic) bond motifs is 1. The summed E-state index contributed by atoms with van der Waals surface area (Å²) < 4.78 is 42.3. The minimum absolute atomic E-state index is 0.0125. The van der Waals surface area contributed by atoms with Gasteiger partial charge < -0.3 is 16.8 Å². The second-order valence-electron chi connectivity index (χ2n) is 7.31. The molecule has 2 aromatic carbocycles. The molecule has 4 aromatic rings. The minimum Gasteiger partial charge on any atom is -0.382 e. The first-order valence-corrected chi connectivity index (χ1v) is 9.90. The summed E-state index contributed by atoms with van der Waals surface area (Å²) in [5.74, 6) is -1.11. The average molecular weight is 466 g/mol. The zero-order valence-corrected chi connectivity index (χ0v) is 17.6. The molecule has 172 valence electrons. The van der Waals surface area contributed by atoms with Gasteiger partial charge in [0.2, 0.25) is 5.95 Å². The van der Waals surface area contributed by atoms with Crippen molar-refractivity contribution in [3.8, 4) is 11.8 Å². The van der Waals surface area contributed by atoms with Crippen molar-refractivity contribution in [3.63, 3.8) is 0 Å². The Balaban J connectivity index is 1.96. The average Bonchev–Trinajstić information content (AvgIpc) is 2.78. The molecule has 0 bridgehead atoms. The molecule has 34 heavy (non-hydrogen) atoms. The molecule has 0 aliphatic carbocycles. The number of hydrogen-bond acceptors (Lipinski definition) is 8. The summed E-state index contributed by atoms with van der Waals surface area (Å²) in [6.45, 7) is 1.59. The third-order valence-corrected chi connectivity index (χ3v) is 5.06. The van der Waals surface area contributed by atoms with Gasteiger partial charge in [-0.25, -0.2) is 18.2 Å². The number of nitrogens with two attached hydrogens (primary N) is 2. The fourth-order valence-electron chi connectivity index (χ4n) is 3.53. The molecule has 12 heteroatoms. The molecule has 9 nitrogen and oxygen atoms in total. The number of nitrogens with one attached hydrogen (secondary N) is 1. The Bertz CT molecular complexity index is 1510. The molecule has 0 saturated carbocycles. The normalized spacial score (nSPS) is 12.0. The third-order valence-electron chi connectivity index (χ3n) is 5.06. The topological polar surface area (TPSA) is 149 Å². The maximum Gasteiger partial charge on any atom is 0.269 e. The second kappa shape index (κ2) is 8.70. The monoisotopic (exact) mass is 466 g/mol. The van der Waals surface area contributed by atoms with E-state index in [-0.39, 0.29) is 51.1 Å². The Morgan fingerprint density at radius 3 is 2.56 bits per heavy atom. The molecule has 0 amide bonds. The van der Waals surface area contributed by atoms with Crippen LogP contribution in [0.4, 0.5) is 30.8 Å². The second-order valence-corrected chi connectivity index (χ2v) is 7.31. The van der Waals surface area contributed by atoms with Crippen LogP contribution >= 0.6 is 0 Å². The molecule has 0 spiro atoms. The van der Waals surface area contributed by atoms with Crippen molar-refractivity contribution in [2.24, 2.45) is 0 Å². The van der Waals surface area contributed by atoms with Gasteiger partial charge in [-0.1, -0.05) is 18.2 Å². The van der Waals surface area contributed by atoms with Crippen molar-refractivity contribution < 1.29 is 13.2 Å². The van der Waals surface area contributed by atoms with Crippen LogP contribution < -0.4 is 22.3 Å². The van der Waals surface area contributed by atoms with E-state index >= 15 is 0 Å². The van der Waals surface area contributed by atoms with E-state index < -0.39 is 23.8 Å². The molecule has 0 fully saturated rings. The predicted molar refractivity (Wildman–Crippen MR) is 120 cm³/mol. The van der Waals surface area contributed by atoms with Gasteiger partial charge in [0.25, 0.3) is 12.0 Å². The van der Waals surface area contributed by atoms with Crippen LogP contribution in [0, 0.1) is 17.1 Å². The third kappa shape index (κ3) is 3.95. The smallest absolute Gasteiger partial charge is 0.269 e. The summed E-state index contributed by atoms with van der Waals surface area (Å²) in [7, 11) is 0. The van der Waals surface area contributed by atoms with E-state index in [2.05, 4.69) is 20.3 Å². The van der Waals surface area contributed by atoms with Gasteiger partial charge in [0.05, 0.1) is 17.2 Å². The Kier molecular flexibility index (Phi) is 5.77. The number of anilines is 3. The lowest BCUT2D eigenvalue weighted by molar-refractivity contribution is 0.151. The van der Waals surface area contributed by atoms with E-state index in [1.165, 1.54) is 30.3 Å². The van der Waals surface area contributed by atoms with Crippen LogP contribution in [0.5, 0.6) is 0 Å². The van der Waals surface area contributed by atoms with Crippen molar-refractivity contribution in [2.45, 2.75) is 19.4 Å². The first-order valence-electron chi connectivity index (χ1n) is 9.90. The lowest BCUT2D eigenvalue weighted by Gasteiger charge is -2.21. The summed E-state index contributed by atoms with van der Waals surface area (Å²) in [4.78, 5) is 25.5. The molecule has 2 heterocycles. The van der Waals surface area contributed by atoms with Crippen molar-refractivity contribution in [1.29, 1.82) is 5.26 Å². The molecule has 4 rings (SSSR count). The number of alkyl halides is 2. The number of nitrogens with zero attached hydrogens (tertiary/aromatic N) is 5. The van der Waals surface area contributed by atoms with E-state index in [9.17, 15) is 23.2 Å². The van der Waals surface area contributed by atoms with E-state index in [4.69, 9.17) is 11.5 Å². The molecular formula is C22H17F3N8O. The highest BCUT2D eigenvalue weighted by atomic mass is 19.3. The van der Waals surface area contributed by atoms with Crippen molar-refractivity contribution in [3.05, 3.63) is 75.6 Å². The highest BCUT2D eigenvalue weighted by Gasteiger charge is 2.22. The Hall–Kier alpha value is -4.66. The highest BCUT2D eigenvalue weighted by Crippen LogP contribution is 2.27. The van der Waals surface area contributed by atoms with E-state index in [0.29, 0.717) is 0 Å². The lowest BCUT2D eigenvalue weighted by Crippen LogP contribution is -2.28. The molecule has 5 N–H and O–H groups in total. The number of nitrogen functional groups attached to an aromatic ring is 2. The van der Waals surface area contributed by atoms with Crippen LogP contribution in [0.2, 0.25) is 0 Å². The maximum absolute atomic E-state index is 14.5. The molecule has 0 aliphatic heterocycles. The van der Waals surface area contributed by atoms with Gasteiger partial charge in [-0.15, -0.1) is 0 Å². The van der Waals surface area contributed by atoms with Crippen LogP contribution in [0.25, 0.3) is 16.6 Å². The van der Waals surface area contributed by atoms with Crippen LogP contribution in [0.15, 0.2) is 47.3 Å². The van der Waals surface area contributed by atoms with Crippen LogP contribution in [-0.2, 0) is 0 Å². The highest BCUT2D eigenvalue weighted by molar-refractivity contribution is 5.79. The van der Waals surface area contributed by atoms with Gasteiger partial charge in [0, 0.05) is 5.56 Å². The van der Waals surface area contributed by atoms with Gasteiger partial charge in [0.15, 0.2) is 5.82 Å². The minimum atomic E-state index is -2.79. The zero-order chi connectivity index (χ0) is 24.6. The summed E-state index contributed by atoms with van der Waals surface area (Å²) in [5, 5.41) is 12.0. The molecule has 2 aromatic heterocycles. The van der Waals surface area contributed by atoms with E-state index in [1.807, 2.05) is 6.07 Å². The Labute approximate surface area is 190 Å². The number of aromatic nitrogens is 4. The zero-order valence-electron chi connectivity index (χ0n) is 17.6.